The summed E-state index contributed by atoms with van der Waals surface area (Å²) in [5.41, 5.74) is -1.05. The second-order valence-electron chi connectivity index (χ2n) is 6.65. The van der Waals surface area contributed by atoms with Crippen LogP contribution in [0.4, 0.5) is 23.7 Å². The zero-order chi connectivity index (χ0) is 19.7. The third kappa shape index (κ3) is 4.10. The van der Waals surface area contributed by atoms with Gasteiger partial charge in [0.2, 0.25) is 0 Å². The molecule has 144 valence electrons. The lowest BCUT2D eigenvalue weighted by molar-refractivity contribution is 0.0709. The van der Waals surface area contributed by atoms with Crippen molar-refractivity contribution in [2.24, 2.45) is 5.41 Å². The number of benzene rings is 2. The van der Waals surface area contributed by atoms with Crippen molar-refractivity contribution in [3.05, 3.63) is 48.3 Å². The maximum atomic E-state index is 14.3. The van der Waals surface area contributed by atoms with Gasteiger partial charge in [-0.1, -0.05) is 19.1 Å². The highest BCUT2D eigenvalue weighted by Crippen LogP contribution is 2.59. The SMILES string of the molecule is COc1ccccc1Oc1ccc(NC(=O)NCC2(C)CC2(F)F)cc1F. The van der Waals surface area contributed by atoms with E-state index in [1.165, 1.54) is 26.2 Å². The molecule has 27 heavy (non-hydrogen) atoms. The number of hydrogen-bond acceptors (Lipinski definition) is 3. The fourth-order valence-corrected chi connectivity index (χ4v) is 2.57. The number of amides is 2. The van der Waals surface area contributed by atoms with Crippen LogP contribution in [-0.4, -0.2) is 25.6 Å². The van der Waals surface area contributed by atoms with Crippen LogP contribution in [-0.2, 0) is 0 Å². The monoisotopic (exact) mass is 380 g/mol. The number of methoxy groups -OCH3 is 1. The first-order valence-corrected chi connectivity index (χ1v) is 8.27. The minimum atomic E-state index is -2.76. The van der Waals surface area contributed by atoms with E-state index in [0.29, 0.717) is 11.5 Å². The molecule has 5 nitrogen and oxygen atoms in total. The number of urea groups is 1. The van der Waals surface area contributed by atoms with Crippen LogP contribution < -0.4 is 20.1 Å². The van der Waals surface area contributed by atoms with E-state index in [1.807, 2.05) is 0 Å². The van der Waals surface area contributed by atoms with Crippen LogP contribution >= 0.6 is 0 Å². The summed E-state index contributed by atoms with van der Waals surface area (Å²) in [6, 6.07) is 9.98. The van der Waals surface area contributed by atoms with Crippen LogP contribution in [0.3, 0.4) is 0 Å². The molecule has 0 aromatic heterocycles. The summed E-state index contributed by atoms with van der Waals surface area (Å²) in [6.07, 6.45) is -0.260. The molecule has 1 aliphatic carbocycles. The lowest BCUT2D eigenvalue weighted by atomic mass is 10.1. The average molecular weight is 380 g/mol. The topological polar surface area (TPSA) is 59.6 Å². The third-order valence-electron chi connectivity index (χ3n) is 4.49. The quantitative estimate of drug-likeness (QED) is 0.757. The van der Waals surface area contributed by atoms with Crippen molar-refractivity contribution in [1.29, 1.82) is 0 Å². The maximum Gasteiger partial charge on any atom is 0.319 e. The van der Waals surface area contributed by atoms with E-state index in [-0.39, 0.29) is 24.4 Å². The Balaban J connectivity index is 1.60. The maximum absolute atomic E-state index is 14.3. The molecule has 3 rings (SSSR count). The minimum Gasteiger partial charge on any atom is -0.493 e. The van der Waals surface area contributed by atoms with Gasteiger partial charge in [0.05, 0.1) is 12.5 Å². The third-order valence-corrected chi connectivity index (χ3v) is 4.49. The van der Waals surface area contributed by atoms with Gasteiger partial charge in [-0.3, -0.25) is 0 Å². The molecule has 0 saturated heterocycles. The number of alkyl halides is 2. The van der Waals surface area contributed by atoms with Gasteiger partial charge in [0.15, 0.2) is 23.1 Å². The van der Waals surface area contributed by atoms with Gasteiger partial charge in [-0.15, -0.1) is 0 Å². The Morgan fingerprint density at radius 2 is 1.81 bits per heavy atom. The summed E-state index contributed by atoms with van der Waals surface area (Å²) >= 11 is 0. The van der Waals surface area contributed by atoms with Gasteiger partial charge in [0, 0.05) is 24.7 Å². The highest BCUT2D eigenvalue weighted by Gasteiger charge is 2.67. The zero-order valence-electron chi connectivity index (χ0n) is 14.8. The Bertz CT molecular complexity index is 860. The molecule has 1 fully saturated rings. The van der Waals surface area contributed by atoms with Crippen molar-refractivity contribution < 1.29 is 27.4 Å². The molecule has 2 amide bonds. The Hall–Kier alpha value is -2.90. The van der Waals surface area contributed by atoms with Gasteiger partial charge >= 0.3 is 6.03 Å². The number of ether oxygens (including phenoxy) is 2. The lowest BCUT2D eigenvalue weighted by Gasteiger charge is -2.13. The van der Waals surface area contributed by atoms with Gasteiger partial charge in [0.25, 0.3) is 5.92 Å². The Morgan fingerprint density at radius 1 is 1.15 bits per heavy atom. The lowest BCUT2D eigenvalue weighted by Crippen LogP contribution is -2.34. The van der Waals surface area contributed by atoms with Crippen molar-refractivity contribution >= 4 is 11.7 Å². The fourth-order valence-electron chi connectivity index (χ4n) is 2.57. The summed E-state index contributed by atoms with van der Waals surface area (Å²) in [5.74, 6) is -2.71. The van der Waals surface area contributed by atoms with Gasteiger partial charge in [-0.25, -0.2) is 18.0 Å². The van der Waals surface area contributed by atoms with Crippen molar-refractivity contribution in [3.8, 4) is 17.2 Å². The van der Waals surface area contributed by atoms with E-state index in [9.17, 15) is 18.0 Å². The van der Waals surface area contributed by atoms with Crippen LogP contribution in [0, 0.1) is 11.2 Å². The standard InChI is InChI=1S/C19H19F3N2O3/c1-18(10-19(18,21)22)11-23-17(25)24-12-7-8-14(13(20)9-12)27-16-6-4-3-5-15(16)26-2/h3-9H,10-11H2,1-2H3,(H2,23,24,25). The van der Waals surface area contributed by atoms with E-state index >= 15 is 0 Å². The number of anilines is 1. The number of carbonyl (C=O) groups is 1. The second-order valence-corrected chi connectivity index (χ2v) is 6.65. The Labute approximate surface area is 154 Å². The van der Waals surface area contributed by atoms with E-state index in [1.54, 1.807) is 24.3 Å². The summed E-state index contributed by atoms with van der Waals surface area (Å²) in [7, 11) is 1.47. The normalized spacial score (nSPS) is 19.9. The van der Waals surface area contributed by atoms with Gasteiger partial charge < -0.3 is 20.1 Å². The predicted molar refractivity (Wildman–Crippen MR) is 94.2 cm³/mol. The van der Waals surface area contributed by atoms with Crippen molar-refractivity contribution in [3.63, 3.8) is 0 Å². The molecule has 8 heteroatoms. The second kappa shape index (κ2) is 7.02. The number of para-hydroxylation sites is 2. The van der Waals surface area contributed by atoms with Crippen LogP contribution in [0.5, 0.6) is 17.2 Å². The Morgan fingerprint density at radius 3 is 2.41 bits per heavy atom. The molecule has 0 bridgehead atoms. The van der Waals surface area contributed by atoms with Crippen molar-refractivity contribution in [2.45, 2.75) is 19.3 Å². The molecule has 1 saturated carbocycles. The molecule has 0 radical (unpaired) electrons. The van der Waals surface area contributed by atoms with E-state index < -0.39 is 23.2 Å². The van der Waals surface area contributed by atoms with Gasteiger partial charge in [0.1, 0.15) is 0 Å². The minimum absolute atomic E-state index is 0.0457. The van der Waals surface area contributed by atoms with Crippen LogP contribution in [0.25, 0.3) is 0 Å². The van der Waals surface area contributed by atoms with Crippen LogP contribution in [0.1, 0.15) is 13.3 Å². The molecule has 2 N–H and O–H groups in total. The van der Waals surface area contributed by atoms with Crippen molar-refractivity contribution in [2.75, 3.05) is 19.0 Å². The molecule has 0 spiro atoms. The smallest absolute Gasteiger partial charge is 0.319 e. The van der Waals surface area contributed by atoms with E-state index in [2.05, 4.69) is 10.6 Å². The number of hydrogen-bond donors (Lipinski definition) is 2. The molecule has 1 unspecified atom stereocenters. The molecule has 1 aliphatic rings. The molecular weight excluding hydrogens is 361 g/mol. The van der Waals surface area contributed by atoms with Crippen molar-refractivity contribution in [1.82, 2.24) is 5.32 Å². The highest BCUT2D eigenvalue weighted by molar-refractivity contribution is 5.89. The van der Waals surface area contributed by atoms with Crippen LogP contribution in [0.2, 0.25) is 0 Å². The average Bonchev–Trinajstić information content (AvgIpc) is 3.14. The van der Waals surface area contributed by atoms with Crippen LogP contribution in [0.15, 0.2) is 42.5 Å². The predicted octanol–water partition coefficient (Wildman–Crippen LogP) is 4.79. The molecule has 2 aromatic carbocycles. The zero-order valence-corrected chi connectivity index (χ0v) is 14.8. The first-order chi connectivity index (χ1) is 12.7. The van der Waals surface area contributed by atoms with E-state index in [4.69, 9.17) is 9.47 Å². The molecule has 1 atom stereocenters. The summed E-state index contributed by atoms with van der Waals surface area (Å²) in [6.45, 7) is 1.24. The molecular formula is C19H19F3N2O3. The number of carbonyl (C=O) groups excluding carboxylic acids is 1. The molecule has 0 heterocycles. The summed E-state index contributed by atoms with van der Waals surface area (Å²) in [4.78, 5) is 11.8. The van der Waals surface area contributed by atoms with Gasteiger partial charge in [-0.05, 0) is 24.3 Å². The first kappa shape index (κ1) is 18.9. The summed E-state index contributed by atoms with van der Waals surface area (Å²) < 4.78 is 51.2. The summed E-state index contributed by atoms with van der Waals surface area (Å²) in [5, 5.41) is 4.79. The number of nitrogens with one attached hydrogen (secondary N) is 2. The highest BCUT2D eigenvalue weighted by atomic mass is 19.3. The van der Waals surface area contributed by atoms with Gasteiger partial charge in [-0.2, -0.15) is 0 Å². The molecule has 0 aliphatic heterocycles. The van der Waals surface area contributed by atoms with E-state index in [0.717, 1.165) is 6.07 Å². The number of halogens is 3. The Kier molecular flexibility index (Phi) is 4.91. The fraction of sp³-hybridized carbons (Fsp3) is 0.316. The largest absolute Gasteiger partial charge is 0.493 e. The number of rotatable bonds is 6. The molecule has 2 aromatic rings. The first-order valence-electron chi connectivity index (χ1n) is 8.27.